The third kappa shape index (κ3) is 6.60. The summed E-state index contributed by atoms with van der Waals surface area (Å²) < 4.78 is 5.91. The molecule has 0 radical (unpaired) electrons. The second-order valence-corrected chi connectivity index (χ2v) is 8.82. The van der Waals surface area contributed by atoms with Crippen molar-refractivity contribution in [1.82, 2.24) is 9.80 Å². The number of aliphatic carboxylic acids is 1. The molecule has 2 aromatic rings. The Labute approximate surface area is 201 Å². The van der Waals surface area contributed by atoms with Crippen molar-refractivity contribution in [2.24, 2.45) is 0 Å². The van der Waals surface area contributed by atoms with Gasteiger partial charge in [-0.15, -0.1) is 0 Å². The van der Waals surface area contributed by atoms with Crippen molar-refractivity contribution in [2.45, 2.75) is 19.3 Å². The zero-order valence-electron chi connectivity index (χ0n) is 19.6. The minimum absolute atomic E-state index is 0.00564. The monoisotopic (exact) mass is 463 g/mol. The van der Waals surface area contributed by atoms with Gasteiger partial charge >= 0.3 is 5.97 Å². The molecule has 34 heavy (non-hydrogen) atoms. The summed E-state index contributed by atoms with van der Waals surface area (Å²) >= 11 is 0. The number of nitrogens with zero attached hydrogens (tertiary/aromatic N) is 3. The lowest BCUT2D eigenvalue weighted by Crippen LogP contribution is -2.48. The number of ether oxygens (including phenoxy) is 1. The maximum absolute atomic E-state index is 12.8. The predicted octanol–water partition coefficient (Wildman–Crippen LogP) is 3.61. The Bertz CT molecular complexity index is 974. The van der Waals surface area contributed by atoms with E-state index < -0.39 is 5.97 Å². The van der Waals surface area contributed by atoms with E-state index in [0.29, 0.717) is 18.7 Å². The van der Waals surface area contributed by atoms with Crippen LogP contribution < -0.4 is 9.64 Å². The Morgan fingerprint density at radius 2 is 1.56 bits per heavy atom. The molecule has 2 aromatic carbocycles. The topological polar surface area (TPSA) is 73.3 Å². The lowest BCUT2D eigenvalue weighted by atomic mass is 10.1. The van der Waals surface area contributed by atoms with E-state index in [4.69, 9.17) is 9.84 Å². The quantitative estimate of drug-likeness (QED) is 0.452. The minimum atomic E-state index is -0.992. The van der Waals surface area contributed by atoms with E-state index in [2.05, 4.69) is 21.9 Å². The number of hydrogen-bond donors (Lipinski definition) is 1. The van der Waals surface area contributed by atoms with Crippen LogP contribution in [0.1, 0.15) is 35.2 Å². The van der Waals surface area contributed by atoms with Crippen molar-refractivity contribution in [2.75, 3.05) is 57.3 Å². The average Bonchev–Trinajstić information content (AvgIpc) is 3.39. The molecule has 2 fully saturated rings. The molecule has 1 amide bonds. The van der Waals surface area contributed by atoms with Crippen LogP contribution in [0.2, 0.25) is 0 Å². The highest BCUT2D eigenvalue weighted by Gasteiger charge is 2.22. The van der Waals surface area contributed by atoms with Gasteiger partial charge in [0.25, 0.3) is 5.91 Å². The molecule has 180 valence electrons. The lowest BCUT2D eigenvalue weighted by molar-refractivity contribution is -0.131. The van der Waals surface area contributed by atoms with Crippen LogP contribution in [-0.4, -0.2) is 79.2 Å². The van der Waals surface area contributed by atoms with Gasteiger partial charge in [-0.2, -0.15) is 0 Å². The van der Waals surface area contributed by atoms with Crippen LogP contribution in [0.5, 0.6) is 5.75 Å². The molecule has 7 heteroatoms. The molecule has 4 rings (SSSR count). The number of rotatable bonds is 9. The second kappa shape index (κ2) is 11.7. The van der Waals surface area contributed by atoms with E-state index in [1.54, 1.807) is 24.3 Å². The van der Waals surface area contributed by atoms with Gasteiger partial charge < -0.3 is 24.5 Å². The van der Waals surface area contributed by atoms with Crippen LogP contribution in [0, 0.1) is 0 Å². The number of piperazine rings is 1. The predicted molar refractivity (Wildman–Crippen MR) is 133 cm³/mol. The smallest absolute Gasteiger partial charge is 0.328 e. The summed E-state index contributed by atoms with van der Waals surface area (Å²) in [5.41, 5.74) is 2.51. The molecule has 0 aliphatic carbocycles. The van der Waals surface area contributed by atoms with Crippen molar-refractivity contribution in [3.8, 4) is 5.75 Å². The Kier molecular flexibility index (Phi) is 8.20. The van der Waals surface area contributed by atoms with E-state index in [0.717, 1.165) is 55.7 Å². The summed E-state index contributed by atoms with van der Waals surface area (Å²) in [5.74, 6) is -0.0835. The van der Waals surface area contributed by atoms with Gasteiger partial charge in [0.15, 0.2) is 0 Å². The van der Waals surface area contributed by atoms with Gasteiger partial charge in [-0.1, -0.05) is 12.1 Å². The number of amides is 1. The van der Waals surface area contributed by atoms with Gasteiger partial charge in [0.2, 0.25) is 0 Å². The van der Waals surface area contributed by atoms with Crippen LogP contribution in [0.3, 0.4) is 0 Å². The number of hydrogen-bond acceptors (Lipinski definition) is 5. The summed E-state index contributed by atoms with van der Waals surface area (Å²) in [7, 11) is 0. The summed E-state index contributed by atoms with van der Waals surface area (Å²) in [6.45, 7) is 7.20. The maximum Gasteiger partial charge on any atom is 0.328 e. The van der Waals surface area contributed by atoms with Crippen LogP contribution in [0.15, 0.2) is 54.6 Å². The average molecular weight is 464 g/mol. The molecule has 0 saturated carbocycles. The number of likely N-dealkylation sites (tertiary alicyclic amines) is 1. The molecule has 0 atom stereocenters. The van der Waals surface area contributed by atoms with Crippen LogP contribution in [0.25, 0.3) is 6.08 Å². The van der Waals surface area contributed by atoms with E-state index in [-0.39, 0.29) is 5.91 Å². The summed E-state index contributed by atoms with van der Waals surface area (Å²) in [6, 6.07) is 15.3. The highest BCUT2D eigenvalue weighted by molar-refractivity contribution is 5.94. The Balaban J connectivity index is 1.21. The van der Waals surface area contributed by atoms with Gasteiger partial charge in [0.1, 0.15) is 5.75 Å². The zero-order chi connectivity index (χ0) is 23.8. The molecule has 2 heterocycles. The van der Waals surface area contributed by atoms with Crippen molar-refractivity contribution < 1.29 is 19.4 Å². The van der Waals surface area contributed by atoms with Crippen LogP contribution in [-0.2, 0) is 4.79 Å². The molecule has 0 spiro atoms. The number of anilines is 1. The van der Waals surface area contributed by atoms with Gasteiger partial charge in [0.05, 0.1) is 6.61 Å². The summed E-state index contributed by atoms with van der Waals surface area (Å²) in [5, 5.41) is 8.72. The molecule has 2 aliphatic rings. The first-order valence-corrected chi connectivity index (χ1v) is 12.1. The molecule has 2 aliphatic heterocycles. The third-order valence-corrected chi connectivity index (χ3v) is 6.43. The van der Waals surface area contributed by atoms with E-state index in [1.165, 1.54) is 32.0 Å². The zero-order valence-corrected chi connectivity index (χ0v) is 19.6. The third-order valence-electron chi connectivity index (χ3n) is 6.43. The van der Waals surface area contributed by atoms with Crippen molar-refractivity contribution in [1.29, 1.82) is 0 Å². The number of carboxylic acid groups (broad SMARTS) is 1. The molecular formula is C27H33N3O4. The van der Waals surface area contributed by atoms with E-state index in [9.17, 15) is 9.59 Å². The van der Waals surface area contributed by atoms with E-state index >= 15 is 0 Å². The Morgan fingerprint density at radius 3 is 2.21 bits per heavy atom. The number of carbonyl (C=O) groups excluding carboxylic acids is 1. The first kappa shape index (κ1) is 23.8. The largest absolute Gasteiger partial charge is 0.494 e. The number of carboxylic acids is 1. The molecular weight excluding hydrogens is 430 g/mol. The number of carbonyl (C=O) groups is 2. The van der Waals surface area contributed by atoms with Gasteiger partial charge in [0, 0.05) is 50.1 Å². The lowest BCUT2D eigenvalue weighted by Gasteiger charge is -2.36. The standard InChI is InChI=1S/C27H33N3O4/c31-26(32)13-6-22-4-7-23(8-5-22)27(33)30-19-17-29(18-20-30)24-9-11-25(12-10-24)34-21-3-16-28-14-1-2-15-28/h4-13H,1-3,14-21H2,(H,31,32). The fraction of sp³-hybridized carbons (Fsp3) is 0.407. The summed E-state index contributed by atoms with van der Waals surface area (Å²) in [4.78, 5) is 30.2. The molecule has 0 unspecified atom stereocenters. The Hall–Kier alpha value is -3.32. The van der Waals surface area contributed by atoms with Gasteiger partial charge in [-0.3, -0.25) is 4.79 Å². The Morgan fingerprint density at radius 1 is 0.882 bits per heavy atom. The fourth-order valence-corrected chi connectivity index (χ4v) is 4.49. The highest BCUT2D eigenvalue weighted by Crippen LogP contribution is 2.22. The molecule has 0 aromatic heterocycles. The fourth-order valence-electron chi connectivity index (χ4n) is 4.49. The SMILES string of the molecule is O=C(O)C=Cc1ccc(C(=O)N2CCN(c3ccc(OCCCN4CCCC4)cc3)CC2)cc1. The van der Waals surface area contributed by atoms with Crippen LogP contribution in [0.4, 0.5) is 5.69 Å². The summed E-state index contributed by atoms with van der Waals surface area (Å²) in [6.07, 6.45) is 6.31. The minimum Gasteiger partial charge on any atom is -0.494 e. The second-order valence-electron chi connectivity index (χ2n) is 8.82. The first-order valence-electron chi connectivity index (χ1n) is 12.1. The maximum atomic E-state index is 12.8. The van der Waals surface area contributed by atoms with Gasteiger partial charge in [-0.05, 0) is 80.4 Å². The first-order chi connectivity index (χ1) is 16.6. The van der Waals surface area contributed by atoms with E-state index in [1.807, 2.05) is 17.0 Å². The number of benzene rings is 2. The molecule has 0 bridgehead atoms. The molecule has 1 N–H and O–H groups in total. The van der Waals surface area contributed by atoms with Crippen LogP contribution >= 0.6 is 0 Å². The molecule has 2 saturated heterocycles. The molecule has 7 nitrogen and oxygen atoms in total. The van der Waals surface area contributed by atoms with Crippen molar-refractivity contribution >= 4 is 23.6 Å². The normalized spacial score (nSPS) is 16.8. The van der Waals surface area contributed by atoms with Gasteiger partial charge in [-0.25, -0.2) is 4.79 Å². The highest BCUT2D eigenvalue weighted by atomic mass is 16.5. The van der Waals surface area contributed by atoms with Crippen molar-refractivity contribution in [3.63, 3.8) is 0 Å². The van der Waals surface area contributed by atoms with Crippen molar-refractivity contribution in [3.05, 3.63) is 65.7 Å².